The lowest BCUT2D eigenvalue weighted by Crippen LogP contribution is -2.27. The molecule has 1 atom stereocenters. The first-order valence-corrected chi connectivity index (χ1v) is 14.0. The van der Waals surface area contributed by atoms with Crippen molar-refractivity contribution in [3.8, 4) is 28.3 Å². The zero-order valence-electron chi connectivity index (χ0n) is 24.5. The second-order valence-electron chi connectivity index (χ2n) is 10.5. The van der Waals surface area contributed by atoms with E-state index in [1.165, 1.54) is 12.1 Å². The topological polar surface area (TPSA) is 125 Å². The quantitative estimate of drug-likeness (QED) is 0.166. The number of esters is 1. The lowest BCUT2D eigenvalue weighted by molar-refractivity contribution is -0.149. The molecular formula is C33H33F3N2O6. The number of carboxylic acids is 1. The molecule has 44 heavy (non-hydrogen) atoms. The Bertz CT molecular complexity index is 1610. The number of aromatic nitrogens is 1. The van der Waals surface area contributed by atoms with Gasteiger partial charge in [-0.15, -0.1) is 0 Å². The predicted molar refractivity (Wildman–Crippen MR) is 157 cm³/mol. The smallest absolute Gasteiger partial charge is 0.416 e. The molecule has 1 aromatic heterocycles. The minimum atomic E-state index is -4.40. The molecule has 3 N–H and O–H groups in total. The number of halogens is 3. The third-order valence-corrected chi connectivity index (χ3v) is 6.82. The minimum absolute atomic E-state index is 0.125. The highest BCUT2D eigenvalue weighted by Gasteiger charge is 2.30. The van der Waals surface area contributed by atoms with Crippen molar-refractivity contribution in [1.82, 2.24) is 4.98 Å². The fourth-order valence-corrected chi connectivity index (χ4v) is 4.59. The van der Waals surface area contributed by atoms with Gasteiger partial charge in [0.2, 0.25) is 5.89 Å². The summed E-state index contributed by atoms with van der Waals surface area (Å²) in [6.07, 6.45) is -4.31. The number of alkyl halides is 3. The maximum atomic E-state index is 12.9. The van der Waals surface area contributed by atoms with Crippen LogP contribution in [-0.2, 0) is 33.3 Å². The average molecular weight is 611 g/mol. The Labute approximate surface area is 252 Å². The van der Waals surface area contributed by atoms with E-state index in [-0.39, 0.29) is 25.6 Å². The van der Waals surface area contributed by atoms with Crippen LogP contribution < -0.4 is 10.5 Å². The van der Waals surface area contributed by atoms with Crippen LogP contribution in [-0.4, -0.2) is 34.7 Å². The second-order valence-corrected chi connectivity index (χ2v) is 10.5. The number of ether oxygens (including phenoxy) is 2. The van der Waals surface area contributed by atoms with Crippen molar-refractivity contribution in [1.29, 1.82) is 0 Å². The van der Waals surface area contributed by atoms with Crippen molar-refractivity contribution in [3.05, 3.63) is 94.9 Å². The number of carbonyl (C=O) groups excluding carboxylic acids is 1. The molecule has 0 aliphatic carbocycles. The predicted octanol–water partition coefficient (Wildman–Crippen LogP) is 6.93. The first-order chi connectivity index (χ1) is 20.8. The van der Waals surface area contributed by atoms with E-state index < -0.39 is 29.7 Å². The van der Waals surface area contributed by atoms with Crippen LogP contribution >= 0.6 is 0 Å². The number of benzene rings is 3. The standard InChI is InChI=1S/C33H33F3N2O6/c1-19(2)43-32(41)30(37)27-18-26(13-9-22(27)10-14-29(39)40)42-16-15-28-20(3)44-31(38-28)24-6-4-5-23(17-24)21-7-11-25(12-8-21)33(34,35)36/h4-9,11-13,17-19,30H,10,14-16,37H2,1-3H3,(H,39,40). The SMILES string of the molecule is Cc1oc(-c2cccc(-c3ccc(C(F)(F)F)cc3)c2)nc1CCOc1ccc(CCC(=O)O)c(C(N)C(=O)OC(C)C)c1. The molecule has 0 aliphatic rings. The van der Waals surface area contributed by atoms with Crippen LogP contribution in [0.4, 0.5) is 13.2 Å². The van der Waals surface area contributed by atoms with Gasteiger partial charge in [0.1, 0.15) is 17.6 Å². The van der Waals surface area contributed by atoms with E-state index in [9.17, 15) is 22.8 Å². The average Bonchev–Trinajstić information content (AvgIpc) is 3.35. The summed E-state index contributed by atoms with van der Waals surface area (Å²) in [6, 6.07) is 16.0. The largest absolute Gasteiger partial charge is 0.493 e. The summed E-state index contributed by atoms with van der Waals surface area (Å²) < 4.78 is 55.9. The maximum absolute atomic E-state index is 12.9. The van der Waals surface area contributed by atoms with Gasteiger partial charge in [0.25, 0.3) is 0 Å². The number of hydrogen-bond donors (Lipinski definition) is 2. The van der Waals surface area contributed by atoms with Gasteiger partial charge in [-0.3, -0.25) is 4.79 Å². The zero-order valence-corrected chi connectivity index (χ0v) is 24.5. The maximum Gasteiger partial charge on any atom is 0.416 e. The van der Waals surface area contributed by atoms with E-state index in [1.807, 2.05) is 0 Å². The third kappa shape index (κ3) is 8.25. The first kappa shape index (κ1) is 32.3. The molecular weight excluding hydrogens is 577 g/mol. The zero-order chi connectivity index (χ0) is 32.0. The molecule has 0 spiro atoms. The van der Waals surface area contributed by atoms with E-state index in [0.717, 1.165) is 17.7 Å². The van der Waals surface area contributed by atoms with Crippen molar-refractivity contribution in [2.24, 2.45) is 5.73 Å². The summed E-state index contributed by atoms with van der Waals surface area (Å²) in [7, 11) is 0. The summed E-state index contributed by atoms with van der Waals surface area (Å²) in [5.41, 5.74) is 9.20. The molecule has 0 saturated heterocycles. The van der Waals surface area contributed by atoms with E-state index in [0.29, 0.717) is 51.8 Å². The number of aryl methyl sites for hydroxylation is 2. The molecule has 4 rings (SSSR count). The summed E-state index contributed by atoms with van der Waals surface area (Å²) >= 11 is 0. The van der Waals surface area contributed by atoms with Crippen molar-refractivity contribution in [2.45, 2.75) is 58.4 Å². The van der Waals surface area contributed by atoms with E-state index >= 15 is 0 Å². The van der Waals surface area contributed by atoms with Gasteiger partial charge in [-0.05, 0) is 85.8 Å². The number of oxazole rings is 1. The number of hydrogen-bond acceptors (Lipinski definition) is 7. The van der Waals surface area contributed by atoms with Gasteiger partial charge in [-0.25, -0.2) is 9.78 Å². The Hall–Kier alpha value is -4.64. The Kier molecular flexibility index (Phi) is 10.1. The molecule has 11 heteroatoms. The Morgan fingerprint density at radius 1 is 0.977 bits per heavy atom. The Balaban J connectivity index is 1.46. The number of aliphatic carboxylic acids is 1. The van der Waals surface area contributed by atoms with Crippen molar-refractivity contribution >= 4 is 11.9 Å². The third-order valence-electron chi connectivity index (χ3n) is 6.82. The van der Waals surface area contributed by atoms with Crippen molar-refractivity contribution in [2.75, 3.05) is 6.61 Å². The first-order valence-electron chi connectivity index (χ1n) is 14.0. The summed E-state index contributed by atoms with van der Waals surface area (Å²) in [6.45, 7) is 5.42. The second kappa shape index (κ2) is 13.8. The lowest BCUT2D eigenvalue weighted by Gasteiger charge is -2.18. The molecule has 232 valence electrons. The molecule has 1 unspecified atom stereocenters. The van der Waals surface area contributed by atoms with Crippen LogP contribution in [0.5, 0.6) is 5.75 Å². The molecule has 0 radical (unpaired) electrons. The molecule has 0 aliphatic heterocycles. The molecule has 0 saturated carbocycles. The van der Waals surface area contributed by atoms with Gasteiger partial charge in [-0.1, -0.05) is 30.3 Å². The van der Waals surface area contributed by atoms with Crippen LogP contribution in [0.3, 0.4) is 0 Å². The normalized spacial score (nSPS) is 12.3. The van der Waals surface area contributed by atoms with Crippen LogP contribution in [0.2, 0.25) is 0 Å². The molecule has 0 amide bonds. The lowest BCUT2D eigenvalue weighted by atomic mass is 9.97. The number of carboxylic acid groups (broad SMARTS) is 1. The molecule has 4 aromatic rings. The number of carbonyl (C=O) groups is 2. The van der Waals surface area contributed by atoms with Gasteiger partial charge in [0.15, 0.2) is 0 Å². The minimum Gasteiger partial charge on any atom is -0.493 e. The van der Waals surface area contributed by atoms with Crippen molar-refractivity contribution in [3.63, 3.8) is 0 Å². The van der Waals surface area contributed by atoms with Crippen LogP contribution in [0.15, 0.2) is 71.1 Å². The van der Waals surface area contributed by atoms with Crippen LogP contribution in [0.1, 0.15) is 54.5 Å². The highest BCUT2D eigenvalue weighted by molar-refractivity contribution is 5.78. The monoisotopic (exact) mass is 610 g/mol. The molecule has 0 bridgehead atoms. The fraction of sp³-hybridized carbons (Fsp3) is 0.303. The highest BCUT2D eigenvalue weighted by atomic mass is 19.4. The van der Waals surface area contributed by atoms with E-state index in [2.05, 4.69) is 4.98 Å². The number of nitrogens with zero attached hydrogens (tertiary/aromatic N) is 1. The van der Waals surface area contributed by atoms with Gasteiger partial charge < -0.3 is 24.7 Å². The summed E-state index contributed by atoms with van der Waals surface area (Å²) in [5, 5.41) is 9.11. The summed E-state index contributed by atoms with van der Waals surface area (Å²) in [4.78, 5) is 28.2. The van der Waals surface area contributed by atoms with E-state index in [4.69, 9.17) is 24.7 Å². The summed E-state index contributed by atoms with van der Waals surface area (Å²) in [5.74, 6) is -0.194. The van der Waals surface area contributed by atoms with E-state index in [1.54, 1.807) is 63.2 Å². The fourth-order valence-electron chi connectivity index (χ4n) is 4.59. The molecule has 1 heterocycles. The number of rotatable bonds is 12. The van der Waals surface area contributed by atoms with Crippen LogP contribution in [0, 0.1) is 6.92 Å². The highest BCUT2D eigenvalue weighted by Crippen LogP contribution is 2.32. The Morgan fingerprint density at radius 3 is 2.34 bits per heavy atom. The van der Waals surface area contributed by atoms with Gasteiger partial charge in [0, 0.05) is 18.4 Å². The van der Waals surface area contributed by atoms with Crippen LogP contribution in [0.25, 0.3) is 22.6 Å². The molecule has 8 nitrogen and oxygen atoms in total. The van der Waals surface area contributed by atoms with Crippen molar-refractivity contribution < 1.29 is 41.8 Å². The molecule has 3 aromatic carbocycles. The molecule has 0 fully saturated rings. The number of nitrogens with two attached hydrogens (primary N) is 1. The van der Waals surface area contributed by atoms with Gasteiger partial charge in [-0.2, -0.15) is 13.2 Å². The van der Waals surface area contributed by atoms with Gasteiger partial charge >= 0.3 is 18.1 Å². The van der Waals surface area contributed by atoms with Gasteiger partial charge in [0.05, 0.1) is 24.0 Å². The Morgan fingerprint density at radius 2 is 1.68 bits per heavy atom.